The van der Waals surface area contributed by atoms with Crippen molar-refractivity contribution >= 4 is 36.9 Å². The van der Waals surface area contributed by atoms with E-state index in [0.29, 0.717) is 28.2 Å². The first-order valence-electron chi connectivity index (χ1n) is 14.0. The molecular weight excluding hydrogens is 605 g/mol. The van der Waals surface area contributed by atoms with Crippen LogP contribution in [0.5, 0.6) is 11.5 Å². The van der Waals surface area contributed by atoms with Gasteiger partial charge in [-0.3, -0.25) is 13.9 Å². The van der Waals surface area contributed by atoms with Crippen LogP contribution in [-0.4, -0.2) is 66.8 Å². The Hall–Kier alpha value is -4.40. The minimum absolute atomic E-state index is 0.0459. The molecule has 5 rings (SSSR count). The Morgan fingerprint density at radius 1 is 1.18 bits per heavy atom. The average molecular weight is 640 g/mol. The van der Waals surface area contributed by atoms with E-state index in [-0.39, 0.29) is 24.2 Å². The lowest BCUT2D eigenvalue weighted by Crippen LogP contribution is -2.39. The predicted octanol–water partition coefficient (Wildman–Crippen LogP) is 3.43. The summed E-state index contributed by atoms with van der Waals surface area (Å²) in [6.07, 6.45) is 1.51. The summed E-state index contributed by atoms with van der Waals surface area (Å²) in [4.78, 5) is 48.7. The number of anilines is 1. The fourth-order valence-electron chi connectivity index (χ4n) is 4.70. The lowest BCUT2D eigenvalue weighted by molar-refractivity contribution is -0.126. The molecule has 2 aromatic heterocycles. The number of phosphoric acid groups is 1. The van der Waals surface area contributed by atoms with Gasteiger partial charge in [0.1, 0.15) is 41.8 Å². The maximum absolute atomic E-state index is 12.4. The van der Waals surface area contributed by atoms with Crippen molar-refractivity contribution in [2.24, 2.45) is 5.16 Å². The highest BCUT2D eigenvalue weighted by Gasteiger charge is 2.41. The molecule has 4 aromatic rings. The smallest absolute Gasteiger partial charge is 0.457 e. The van der Waals surface area contributed by atoms with E-state index in [1.807, 2.05) is 36.4 Å². The monoisotopic (exact) mass is 639 g/mol. The number of nitrogens with two attached hydrogens (primary N) is 1. The van der Waals surface area contributed by atoms with Crippen LogP contribution in [0.4, 0.5) is 5.82 Å². The molecule has 0 bridgehead atoms. The molecule has 3 heterocycles. The predicted molar refractivity (Wildman–Crippen MR) is 163 cm³/mol. The van der Waals surface area contributed by atoms with E-state index in [0.717, 1.165) is 0 Å². The molecule has 0 saturated carbocycles. The van der Waals surface area contributed by atoms with Crippen LogP contribution in [0, 0.1) is 0 Å². The van der Waals surface area contributed by atoms with E-state index in [1.165, 1.54) is 24.4 Å². The van der Waals surface area contributed by atoms with E-state index in [1.54, 1.807) is 16.7 Å². The highest BCUT2D eigenvalue weighted by atomic mass is 31.2. The van der Waals surface area contributed by atoms with Crippen molar-refractivity contribution in [1.82, 2.24) is 24.8 Å². The minimum atomic E-state index is -4.86. The molecule has 1 saturated heterocycles. The van der Waals surface area contributed by atoms with Gasteiger partial charge in [-0.2, -0.15) is 0 Å². The quantitative estimate of drug-likeness (QED) is 0.106. The average Bonchev–Trinajstić information content (AvgIpc) is 3.58. The van der Waals surface area contributed by atoms with E-state index in [9.17, 15) is 19.1 Å². The number of fused-ring (bicyclic) bond motifs is 1. The number of amides is 1. The van der Waals surface area contributed by atoms with E-state index >= 15 is 0 Å². The third kappa shape index (κ3) is 8.41. The molecule has 15 nitrogen and oxygen atoms in total. The van der Waals surface area contributed by atoms with E-state index in [2.05, 4.69) is 46.2 Å². The van der Waals surface area contributed by atoms with Crippen molar-refractivity contribution in [3.8, 4) is 11.5 Å². The van der Waals surface area contributed by atoms with Gasteiger partial charge >= 0.3 is 7.82 Å². The van der Waals surface area contributed by atoms with Crippen molar-refractivity contribution in [2.75, 3.05) is 18.9 Å². The SMILES string of the molecule is CC(C)(C)c1ccc(Oc2cccc(/C=N/OCC(=O)NC[C@H]3O[C@@H](n4cnc5c(N)ncnc54)C[C@@H]3OP(=O)(O)O)c2)cc1. The summed E-state index contributed by atoms with van der Waals surface area (Å²) in [7, 11) is -4.86. The lowest BCUT2D eigenvalue weighted by atomic mass is 9.87. The Labute approximate surface area is 258 Å². The number of benzene rings is 2. The number of nitrogens with zero attached hydrogens (tertiary/aromatic N) is 5. The van der Waals surface area contributed by atoms with Crippen LogP contribution in [0.25, 0.3) is 11.2 Å². The van der Waals surface area contributed by atoms with Gasteiger partial charge < -0.3 is 35.1 Å². The topological polar surface area (TPSA) is 206 Å². The molecule has 16 heteroatoms. The number of ether oxygens (including phenoxy) is 2. The molecule has 0 aliphatic carbocycles. The standard InChI is InChI=1S/C29H34N7O8P/c1-29(2,3)19-7-9-20(10-8-19)42-21-6-4-5-18(11-21)13-35-41-15-24(37)31-14-23-22(44-45(38,39)40)12-25(43-23)36-17-34-26-27(30)32-16-33-28(26)36/h4-11,13,16-17,22-23,25H,12,14-15H2,1-3H3,(H,31,37)(H2,30,32,33)(H2,38,39,40)/b35-13+/t22-,23+,25+/m0/s1. The van der Waals surface area contributed by atoms with Crippen molar-refractivity contribution in [2.45, 2.75) is 51.0 Å². The molecule has 1 aliphatic rings. The van der Waals surface area contributed by atoms with Gasteiger partial charge in [-0.05, 0) is 40.8 Å². The molecule has 2 aromatic carbocycles. The number of aromatic nitrogens is 4. The van der Waals surface area contributed by atoms with Crippen LogP contribution in [0.3, 0.4) is 0 Å². The van der Waals surface area contributed by atoms with Gasteiger partial charge in [0.05, 0.1) is 12.5 Å². The number of phosphoric ester groups is 1. The first-order chi connectivity index (χ1) is 21.4. The lowest BCUT2D eigenvalue weighted by Gasteiger charge is -2.19. The van der Waals surface area contributed by atoms with Gasteiger partial charge in [-0.25, -0.2) is 19.5 Å². The molecule has 1 amide bonds. The van der Waals surface area contributed by atoms with Gasteiger partial charge in [-0.1, -0.05) is 50.2 Å². The molecule has 3 atom stereocenters. The molecule has 1 aliphatic heterocycles. The van der Waals surface area contributed by atoms with Gasteiger partial charge in [0.2, 0.25) is 0 Å². The van der Waals surface area contributed by atoms with Crippen LogP contribution < -0.4 is 15.8 Å². The van der Waals surface area contributed by atoms with Crippen LogP contribution >= 0.6 is 7.82 Å². The number of hydrogen-bond donors (Lipinski definition) is 4. The van der Waals surface area contributed by atoms with Gasteiger partial charge in [-0.15, -0.1) is 0 Å². The summed E-state index contributed by atoms with van der Waals surface area (Å²) in [5.41, 5.74) is 8.53. The number of nitrogens with one attached hydrogen (secondary N) is 1. The number of rotatable bonds is 11. The van der Waals surface area contributed by atoms with E-state index in [4.69, 9.17) is 24.6 Å². The second kappa shape index (κ2) is 13.3. The number of oxime groups is 1. The summed E-state index contributed by atoms with van der Waals surface area (Å²) >= 11 is 0. The summed E-state index contributed by atoms with van der Waals surface area (Å²) in [5.74, 6) is 0.961. The number of hydrogen-bond acceptors (Lipinski definition) is 11. The van der Waals surface area contributed by atoms with Crippen molar-refractivity contribution in [1.29, 1.82) is 0 Å². The first-order valence-corrected chi connectivity index (χ1v) is 15.5. The van der Waals surface area contributed by atoms with Crippen LogP contribution in [-0.2, 0) is 28.9 Å². The zero-order valence-electron chi connectivity index (χ0n) is 24.8. The van der Waals surface area contributed by atoms with Gasteiger partial charge in [0, 0.05) is 13.0 Å². The number of nitrogen functional groups attached to an aromatic ring is 1. The third-order valence-corrected chi connectivity index (χ3v) is 7.48. The Morgan fingerprint density at radius 3 is 2.69 bits per heavy atom. The zero-order valence-corrected chi connectivity index (χ0v) is 25.7. The third-order valence-electron chi connectivity index (χ3n) is 6.94. The number of carbonyl (C=O) groups is 1. The van der Waals surface area contributed by atoms with Crippen molar-refractivity contribution in [3.05, 3.63) is 72.3 Å². The van der Waals surface area contributed by atoms with Crippen LogP contribution in [0.2, 0.25) is 0 Å². The maximum Gasteiger partial charge on any atom is 0.469 e. The Bertz CT molecular complexity index is 1720. The zero-order chi connectivity index (χ0) is 32.2. The normalized spacial score (nSPS) is 18.8. The Balaban J connectivity index is 1.13. The highest BCUT2D eigenvalue weighted by Crippen LogP contribution is 2.44. The summed E-state index contributed by atoms with van der Waals surface area (Å²) < 4.78 is 30.0. The molecule has 238 valence electrons. The minimum Gasteiger partial charge on any atom is -0.457 e. The van der Waals surface area contributed by atoms with Gasteiger partial charge in [0.25, 0.3) is 5.91 Å². The fourth-order valence-corrected chi connectivity index (χ4v) is 5.27. The van der Waals surface area contributed by atoms with Crippen LogP contribution in [0.15, 0.2) is 66.3 Å². The second-order valence-electron chi connectivity index (χ2n) is 11.3. The molecular formula is C29H34N7O8P. The highest BCUT2D eigenvalue weighted by molar-refractivity contribution is 7.46. The summed E-state index contributed by atoms with van der Waals surface area (Å²) in [6.45, 7) is 5.92. The first kappa shape index (κ1) is 32.0. The Kier molecular flexibility index (Phi) is 9.46. The fraction of sp³-hybridized carbons (Fsp3) is 0.345. The Morgan fingerprint density at radius 2 is 1.96 bits per heavy atom. The summed E-state index contributed by atoms with van der Waals surface area (Å²) in [5, 5.41) is 6.47. The van der Waals surface area contributed by atoms with Crippen molar-refractivity contribution in [3.63, 3.8) is 0 Å². The second-order valence-corrected chi connectivity index (χ2v) is 12.5. The maximum atomic E-state index is 12.4. The van der Waals surface area contributed by atoms with Gasteiger partial charge in [0.15, 0.2) is 18.1 Å². The molecule has 0 radical (unpaired) electrons. The molecule has 0 unspecified atom stereocenters. The molecule has 45 heavy (non-hydrogen) atoms. The van der Waals surface area contributed by atoms with E-state index < -0.39 is 38.8 Å². The largest absolute Gasteiger partial charge is 0.469 e. The van der Waals surface area contributed by atoms with Crippen LogP contribution in [0.1, 0.15) is 44.5 Å². The summed E-state index contributed by atoms with van der Waals surface area (Å²) in [6, 6.07) is 15.1. The number of carbonyl (C=O) groups excluding carboxylic acids is 1. The molecule has 1 fully saturated rings. The molecule has 0 spiro atoms. The van der Waals surface area contributed by atoms with Crippen molar-refractivity contribution < 1.29 is 38.0 Å². The molecule has 5 N–H and O–H groups in total. The number of imidazole rings is 1.